The number of alkyl halides is 3. The van der Waals surface area contributed by atoms with Gasteiger partial charge in [0.2, 0.25) is 0 Å². The zero-order valence-corrected chi connectivity index (χ0v) is 10.8. The molecule has 1 aliphatic heterocycles. The van der Waals surface area contributed by atoms with Crippen LogP contribution in [0.4, 0.5) is 13.2 Å². The molecule has 0 radical (unpaired) electrons. The van der Waals surface area contributed by atoms with Gasteiger partial charge in [0.1, 0.15) is 0 Å². The normalized spacial score (nSPS) is 25.5. The second kappa shape index (κ2) is 5.51. The number of rotatable bonds is 3. The van der Waals surface area contributed by atoms with Crippen LogP contribution in [0.15, 0.2) is 24.3 Å². The number of hydrogen-bond donors (Lipinski definition) is 1. The highest BCUT2D eigenvalue weighted by Gasteiger charge is 2.31. The predicted octanol–water partition coefficient (Wildman–Crippen LogP) is 3.00. The summed E-state index contributed by atoms with van der Waals surface area (Å²) in [6.45, 7) is 2.58. The van der Waals surface area contributed by atoms with E-state index in [9.17, 15) is 13.2 Å². The number of nitrogens with two attached hydrogens (primary N) is 1. The number of halogens is 3. The van der Waals surface area contributed by atoms with Crippen LogP contribution < -0.4 is 5.73 Å². The Morgan fingerprint density at radius 2 is 2.16 bits per heavy atom. The maximum Gasteiger partial charge on any atom is 0.416 e. The van der Waals surface area contributed by atoms with Gasteiger partial charge in [-0.1, -0.05) is 18.2 Å². The average Bonchev–Trinajstić information content (AvgIpc) is 2.75. The summed E-state index contributed by atoms with van der Waals surface area (Å²) >= 11 is 0. The summed E-state index contributed by atoms with van der Waals surface area (Å²) < 4.78 is 43.3. The zero-order valence-electron chi connectivity index (χ0n) is 10.8. The van der Waals surface area contributed by atoms with Crippen molar-refractivity contribution in [2.45, 2.75) is 38.1 Å². The Balaban J connectivity index is 2.03. The summed E-state index contributed by atoms with van der Waals surface area (Å²) in [5.74, 6) is 0.226. The largest absolute Gasteiger partial charge is 0.416 e. The highest BCUT2D eigenvalue weighted by molar-refractivity contribution is 5.26. The molecule has 3 unspecified atom stereocenters. The molecule has 1 fully saturated rings. The van der Waals surface area contributed by atoms with Gasteiger partial charge >= 0.3 is 6.18 Å². The molecular weight excluding hydrogens is 255 g/mol. The average molecular weight is 273 g/mol. The van der Waals surface area contributed by atoms with Crippen LogP contribution in [0.1, 0.15) is 24.5 Å². The zero-order chi connectivity index (χ0) is 14.0. The van der Waals surface area contributed by atoms with Gasteiger partial charge in [-0.2, -0.15) is 13.2 Å². The molecule has 0 amide bonds. The van der Waals surface area contributed by atoms with Crippen molar-refractivity contribution in [2.75, 3.05) is 6.61 Å². The van der Waals surface area contributed by atoms with Crippen LogP contribution in [0.2, 0.25) is 0 Å². The van der Waals surface area contributed by atoms with Crippen molar-refractivity contribution in [3.8, 4) is 0 Å². The fourth-order valence-electron chi connectivity index (χ4n) is 2.46. The molecule has 1 saturated heterocycles. The van der Waals surface area contributed by atoms with Crippen LogP contribution in [0.25, 0.3) is 0 Å². The molecule has 1 aliphatic rings. The van der Waals surface area contributed by atoms with Crippen molar-refractivity contribution in [1.82, 2.24) is 0 Å². The first-order valence-electron chi connectivity index (χ1n) is 6.39. The molecule has 106 valence electrons. The third kappa shape index (κ3) is 3.70. The van der Waals surface area contributed by atoms with E-state index in [4.69, 9.17) is 10.5 Å². The first-order chi connectivity index (χ1) is 8.86. The van der Waals surface area contributed by atoms with Crippen LogP contribution in [0.3, 0.4) is 0 Å². The molecule has 1 aromatic rings. The molecule has 2 N–H and O–H groups in total. The van der Waals surface area contributed by atoms with Crippen LogP contribution >= 0.6 is 0 Å². The van der Waals surface area contributed by atoms with Crippen LogP contribution in [0, 0.1) is 5.92 Å². The van der Waals surface area contributed by atoms with Crippen molar-refractivity contribution >= 4 is 0 Å². The van der Waals surface area contributed by atoms with Crippen molar-refractivity contribution in [3.63, 3.8) is 0 Å². The molecule has 2 nitrogen and oxygen atoms in total. The lowest BCUT2D eigenvalue weighted by Gasteiger charge is -2.18. The van der Waals surface area contributed by atoms with Crippen LogP contribution in [-0.4, -0.2) is 18.8 Å². The van der Waals surface area contributed by atoms with Gasteiger partial charge in [0.25, 0.3) is 0 Å². The Hall–Kier alpha value is -1.07. The molecule has 2 rings (SSSR count). The van der Waals surface area contributed by atoms with E-state index in [0.29, 0.717) is 18.6 Å². The van der Waals surface area contributed by atoms with Crippen molar-refractivity contribution < 1.29 is 17.9 Å². The lowest BCUT2D eigenvalue weighted by molar-refractivity contribution is -0.137. The van der Waals surface area contributed by atoms with Gasteiger partial charge in [-0.3, -0.25) is 0 Å². The smallest absolute Gasteiger partial charge is 0.378 e. The first-order valence-corrected chi connectivity index (χ1v) is 6.39. The van der Waals surface area contributed by atoms with Crippen molar-refractivity contribution in [2.24, 2.45) is 11.7 Å². The second-order valence-electron chi connectivity index (χ2n) is 5.21. The molecule has 5 heteroatoms. The van der Waals surface area contributed by atoms with E-state index >= 15 is 0 Å². The van der Waals surface area contributed by atoms with Gasteiger partial charge in [0.05, 0.1) is 18.3 Å². The summed E-state index contributed by atoms with van der Waals surface area (Å²) in [5, 5.41) is 0. The molecule has 19 heavy (non-hydrogen) atoms. The van der Waals surface area contributed by atoms with E-state index in [1.165, 1.54) is 12.1 Å². The Kier molecular flexibility index (Phi) is 4.16. The third-order valence-electron chi connectivity index (χ3n) is 3.56. The second-order valence-corrected chi connectivity index (χ2v) is 5.21. The molecular formula is C14H18F3NO. The van der Waals surface area contributed by atoms with Crippen molar-refractivity contribution in [1.29, 1.82) is 0 Å². The van der Waals surface area contributed by atoms with Gasteiger partial charge in [-0.15, -0.1) is 0 Å². The van der Waals surface area contributed by atoms with Gasteiger partial charge in [0.15, 0.2) is 0 Å². The van der Waals surface area contributed by atoms with Gasteiger partial charge < -0.3 is 10.5 Å². The molecule has 1 aromatic carbocycles. The SMILES string of the molecule is CC1CC(C(N)Cc2cccc(C(F)(F)F)c2)CO1. The predicted molar refractivity (Wildman–Crippen MR) is 66.6 cm³/mol. The van der Waals surface area contributed by atoms with E-state index in [0.717, 1.165) is 12.5 Å². The Bertz CT molecular complexity index is 433. The minimum atomic E-state index is -4.30. The Morgan fingerprint density at radius 3 is 2.74 bits per heavy atom. The molecule has 0 saturated carbocycles. The maximum atomic E-state index is 12.6. The standard InChI is InChI=1S/C14H18F3NO/c1-9-5-11(8-19-9)13(18)7-10-3-2-4-12(6-10)14(15,16)17/h2-4,6,9,11,13H,5,7-8,18H2,1H3. The molecule has 0 spiro atoms. The van der Waals surface area contributed by atoms with Crippen LogP contribution in [0.5, 0.6) is 0 Å². The Labute approximate surface area is 110 Å². The molecule has 0 bridgehead atoms. The number of ether oxygens (including phenoxy) is 1. The van der Waals surface area contributed by atoms with E-state index in [-0.39, 0.29) is 18.1 Å². The molecule has 3 atom stereocenters. The van der Waals surface area contributed by atoms with Gasteiger partial charge in [0, 0.05) is 12.0 Å². The highest BCUT2D eigenvalue weighted by Crippen LogP contribution is 2.30. The summed E-state index contributed by atoms with van der Waals surface area (Å²) in [6.07, 6.45) is -2.78. The van der Waals surface area contributed by atoms with Crippen molar-refractivity contribution in [3.05, 3.63) is 35.4 Å². The summed E-state index contributed by atoms with van der Waals surface area (Å²) in [7, 11) is 0. The minimum absolute atomic E-state index is 0.159. The first kappa shape index (κ1) is 14.3. The number of hydrogen-bond acceptors (Lipinski definition) is 2. The van der Waals surface area contributed by atoms with Gasteiger partial charge in [-0.25, -0.2) is 0 Å². The van der Waals surface area contributed by atoms with E-state index in [1.807, 2.05) is 6.92 Å². The quantitative estimate of drug-likeness (QED) is 0.918. The van der Waals surface area contributed by atoms with Gasteiger partial charge in [-0.05, 0) is 31.4 Å². The molecule has 0 aromatic heterocycles. The topological polar surface area (TPSA) is 35.2 Å². The fraction of sp³-hybridized carbons (Fsp3) is 0.571. The van der Waals surface area contributed by atoms with E-state index in [1.54, 1.807) is 6.07 Å². The monoisotopic (exact) mass is 273 g/mol. The molecule has 0 aliphatic carbocycles. The summed E-state index contributed by atoms with van der Waals surface area (Å²) in [6, 6.07) is 5.22. The molecule has 1 heterocycles. The third-order valence-corrected chi connectivity index (χ3v) is 3.56. The lowest BCUT2D eigenvalue weighted by atomic mass is 9.92. The Morgan fingerprint density at radius 1 is 1.42 bits per heavy atom. The van der Waals surface area contributed by atoms with E-state index < -0.39 is 11.7 Å². The van der Waals surface area contributed by atoms with E-state index in [2.05, 4.69) is 0 Å². The van der Waals surface area contributed by atoms with Crippen LogP contribution in [-0.2, 0) is 17.3 Å². The highest BCUT2D eigenvalue weighted by atomic mass is 19.4. The number of benzene rings is 1. The fourth-order valence-corrected chi connectivity index (χ4v) is 2.46. The summed E-state index contributed by atoms with van der Waals surface area (Å²) in [4.78, 5) is 0. The maximum absolute atomic E-state index is 12.6. The summed E-state index contributed by atoms with van der Waals surface area (Å²) in [5.41, 5.74) is 6.08. The lowest BCUT2D eigenvalue weighted by Crippen LogP contribution is -2.32. The minimum Gasteiger partial charge on any atom is -0.378 e.